The Kier molecular flexibility index (Phi) is 6.37. The molecule has 1 atom stereocenters. The summed E-state index contributed by atoms with van der Waals surface area (Å²) in [4.78, 5) is 2.36. The molecule has 0 saturated carbocycles. The number of hydrogen-bond donors (Lipinski definition) is 2. The van der Waals surface area contributed by atoms with Crippen LogP contribution in [0.2, 0.25) is 0 Å². The highest BCUT2D eigenvalue weighted by atomic mass is 32.2. The Morgan fingerprint density at radius 3 is 2.64 bits per heavy atom. The van der Waals surface area contributed by atoms with Gasteiger partial charge in [0, 0.05) is 38.8 Å². The van der Waals surface area contributed by atoms with E-state index in [1.54, 1.807) is 6.92 Å². The smallest absolute Gasteiger partial charge is 0.211 e. The van der Waals surface area contributed by atoms with Crippen molar-refractivity contribution in [2.75, 3.05) is 38.5 Å². The first-order chi connectivity index (χ1) is 10.6. The lowest BCUT2D eigenvalue weighted by Crippen LogP contribution is -2.48. The van der Waals surface area contributed by atoms with Crippen molar-refractivity contribution in [3.63, 3.8) is 0 Å². The number of aryl methyl sites for hydroxylation is 1. The monoisotopic (exact) mass is 325 g/mol. The van der Waals surface area contributed by atoms with E-state index in [1.807, 2.05) is 0 Å². The minimum Gasteiger partial charge on any atom is -0.314 e. The van der Waals surface area contributed by atoms with Crippen LogP contribution in [0.1, 0.15) is 31.0 Å². The quantitative estimate of drug-likeness (QED) is 0.789. The molecule has 1 unspecified atom stereocenters. The highest BCUT2D eigenvalue weighted by Gasteiger charge is 2.23. The maximum atomic E-state index is 11.5. The molecule has 1 heterocycles. The average Bonchev–Trinajstić information content (AvgIpc) is 2.55. The van der Waals surface area contributed by atoms with Crippen LogP contribution in [0.25, 0.3) is 0 Å². The lowest BCUT2D eigenvalue weighted by atomic mass is 10.0. The van der Waals surface area contributed by atoms with Crippen LogP contribution in [0.3, 0.4) is 0 Å². The Balaban J connectivity index is 1.98. The molecule has 2 rings (SSSR count). The summed E-state index contributed by atoms with van der Waals surface area (Å²) in [6.07, 6.45) is 1.05. The standard InChI is InChI=1S/C16H27N3O2S/c1-3-14-5-7-15(8-6-14)16-13-17-9-11-19(16)12-10-18-22(20,21)4-2/h5-8,16-18H,3-4,9-13H2,1-2H3. The Hall–Kier alpha value is -0.950. The van der Waals surface area contributed by atoms with Crippen LogP contribution in [0, 0.1) is 0 Å². The molecule has 0 amide bonds. The minimum absolute atomic E-state index is 0.135. The molecule has 1 aromatic rings. The Labute approximate surface area is 134 Å². The fourth-order valence-corrected chi connectivity index (χ4v) is 3.37. The van der Waals surface area contributed by atoms with E-state index in [9.17, 15) is 8.42 Å². The second-order valence-electron chi connectivity index (χ2n) is 5.65. The summed E-state index contributed by atoms with van der Waals surface area (Å²) < 4.78 is 25.7. The SMILES string of the molecule is CCc1ccc(C2CNCCN2CCNS(=O)(=O)CC)cc1. The first-order valence-electron chi connectivity index (χ1n) is 8.06. The van der Waals surface area contributed by atoms with E-state index in [0.29, 0.717) is 12.6 Å². The number of sulfonamides is 1. The van der Waals surface area contributed by atoms with Gasteiger partial charge in [-0.1, -0.05) is 31.2 Å². The van der Waals surface area contributed by atoms with E-state index in [-0.39, 0.29) is 5.75 Å². The number of benzene rings is 1. The second kappa shape index (κ2) is 8.06. The summed E-state index contributed by atoms with van der Waals surface area (Å²) in [5, 5.41) is 3.43. The maximum absolute atomic E-state index is 11.5. The normalized spacial score (nSPS) is 20.2. The highest BCUT2D eigenvalue weighted by Crippen LogP contribution is 2.22. The summed E-state index contributed by atoms with van der Waals surface area (Å²) in [7, 11) is -3.10. The fraction of sp³-hybridized carbons (Fsp3) is 0.625. The summed E-state index contributed by atoms with van der Waals surface area (Å²) in [5.74, 6) is 0.135. The molecule has 124 valence electrons. The summed E-state index contributed by atoms with van der Waals surface area (Å²) in [6, 6.07) is 9.06. The molecule has 1 saturated heterocycles. The van der Waals surface area contributed by atoms with Gasteiger partial charge in [0.1, 0.15) is 0 Å². The van der Waals surface area contributed by atoms with Gasteiger partial charge >= 0.3 is 0 Å². The lowest BCUT2D eigenvalue weighted by Gasteiger charge is -2.36. The molecule has 5 nitrogen and oxygen atoms in total. The number of rotatable bonds is 7. The summed E-state index contributed by atoms with van der Waals surface area (Å²) in [5.41, 5.74) is 2.64. The molecule has 22 heavy (non-hydrogen) atoms. The van der Waals surface area contributed by atoms with Crippen molar-refractivity contribution in [2.24, 2.45) is 0 Å². The van der Waals surface area contributed by atoms with E-state index in [4.69, 9.17) is 0 Å². The molecule has 1 aromatic carbocycles. The predicted octanol–water partition coefficient (Wildman–Crippen LogP) is 1.13. The Morgan fingerprint density at radius 2 is 2.00 bits per heavy atom. The Morgan fingerprint density at radius 1 is 1.27 bits per heavy atom. The van der Waals surface area contributed by atoms with Crippen molar-refractivity contribution >= 4 is 10.0 Å². The topological polar surface area (TPSA) is 61.4 Å². The maximum Gasteiger partial charge on any atom is 0.211 e. The van der Waals surface area contributed by atoms with Crippen molar-refractivity contribution in [2.45, 2.75) is 26.3 Å². The van der Waals surface area contributed by atoms with E-state index in [2.05, 4.69) is 46.1 Å². The molecule has 0 bridgehead atoms. The van der Waals surface area contributed by atoms with Gasteiger partial charge in [-0.25, -0.2) is 13.1 Å². The van der Waals surface area contributed by atoms with Crippen molar-refractivity contribution in [3.8, 4) is 0 Å². The van der Waals surface area contributed by atoms with Crippen LogP contribution in [0.15, 0.2) is 24.3 Å². The third-order valence-electron chi connectivity index (χ3n) is 4.23. The van der Waals surface area contributed by atoms with Crippen molar-refractivity contribution in [1.29, 1.82) is 0 Å². The largest absolute Gasteiger partial charge is 0.314 e. The third-order valence-corrected chi connectivity index (χ3v) is 5.63. The van der Waals surface area contributed by atoms with Crippen LogP contribution in [-0.4, -0.2) is 51.8 Å². The van der Waals surface area contributed by atoms with E-state index in [1.165, 1.54) is 11.1 Å². The van der Waals surface area contributed by atoms with Gasteiger partial charge < -0.3 is 5.32 Å². The zero-order valence-corrected chi connectivity index (χ0v) is 14.3. The molecule has 0 aliphatic carbocycles. The summed E-state index contributed by atoms with van der Waals surface area (Å²) >= 11 is 0. The molecule has 1 aliphatic rings. The van der Waals surface area contributed by atoms with Gasteiger partial charge in [-0.2, -0.15) is 0 Å². The zero-order valence-electron chi connectivity index (χ0n) is 13.5. The fourth-order valence-electron chi connectivity index (χ4n) is 2.76. The molecule has 2 N–H and O–H groups in total. The van der Waals surface area contributed by atoms with Gasteiger partial charge in [-0.3, -0.25) is 4.90 Å². The number of piperazine rings is 1. The van der Waals surface area contributed by atoms with Gasteiger partial charge in [0.05, 0.1) is 5.75 Å². The highest BCUT2D eigenvalue weighted by molar-refractivity contribution is 7.89. The van der Waals surface area contributed by atoms with E-state index >= 15 is 0 Å². The average molecular weight is 325 g/mol. The molecule has 1 fully saturated rings. The first kappa shape index (κ1) is 17.4. The lowest BCUT2D eigenvalue weighted by molar-refractivity contribution is 0.165. The van der Waals surface area contributed by atoms with Crippen LogP contribution in [0.4, 0.5) is 0 Å². The van der Waals surface area contributed by atoms with Gasteiger partial charge in [0.25, 0.3) is 0 Å². The van der Waals surface area contributed by atoms with Crippen molar-refractivity contribution in [1.82, 2.24) is 14.9 Å². The zero-order chi connectivity index (χ0) is 16.0. The van der Waals surface area contributed by atoms with Gasteiger partial charge in [0.2, 0.25) is 10.0 Å². The van der Waals surface area contributed by atoms with E-state index < -0.39 is 10.0 Å². The van der Waals surface area contributed by atoms with Crippen LogP contribution in [-0.2, 0) is 16.4 Å². The van der Waals surface area contributed by atoms with E-state index in [0.717, 1.165) is 32.6 Å². The summed E-state index contributed by atoms with van der Waals surface area (Å²) in [6.45, 7) is 7.82. The van der Waals surface area contributed by atoms with Crippen LogP contribution >= 0.6 is 0 Å². The van der Waals surface area contributed by atoms with Gasteiger partial charge in [-0.05, 0) is 24.5 Å². The van der Waals surface area contributed by atoms with Crippen molar-refractivity contribution in [3.05, 3.63) is 35.4 Å². The van der Waals surface area contributed by atoms with Gasteiger partial charge in [0.15, 0.2) is 0 Å². The molecular formula is C16H27N3O2S. The third kappa shape index (κ3) is 4.78. The molecule has 0 spiro atoms. The predicted molar refractivity (Wildman–Crippen MR) is 90.5 cm³/mol. The van der Waals surface area contributed by atoms with Crippen LogP contribution in [0.5, 0.6) is 0 Å². The number of nitrogens with zero attached hydrogens (tertiary/aromatic N) is 1. The molecule has 0 radical (unpaired) electrons. The van der Waals surface area contributed by atoms with Crippen LogP contribution < -0.4 is 10.0 Å². The molecule has 0 aromatic heterocycles. The Bertz CT molecular complexity index is 557. The molecule has 1 aliphatic heterocycles. The number of hydrogen-bond acceptors (Lipinski definition) is 4. The van der Waals surface area contributed by atoms with Crippen molar-refractivity contribution < 1.29 is 8.42 Å². The number of nitrogens with one attached hydrogen (secondary N) is 2. The second-order valence-corrected chi connectivity index (χ2v) is 7.74. The first-order valence-corrected chi connectivity index (χ1v) is 9.72. The molecule has 6 heteroatoms. The molecular weight excluding hydrogens is 298 g/mol. The minimum atomic E-state index is -3.10. The van der Waals surface area contributed by atoms with Gasteiger partial charge in [-0.15, -0.1) is 0 Å².